The SMILES string of the molecule is CC(C)C[C@H](N)C(=O)NC(C)Cc1ccc(Cl)cc1. The predicted molar refractivity (Wildman–Crippen MR) is 80.2 cm³/mol. The van der Waals surface area contributed by atoms with E-state index in [0.29, 0.717) is 12.3 Å². The molecule has 0 aromatic heterocycles. The highest BCUT2D eigenvalue weighted by Gasteiger charge is 2.16. The lowest BCUT2D eigenvalue weighted by Crippen LogP contribution is -2.45. The highest BCUT2D eigenvalue weighted by Crippen LogP contribution is 2.11. The Bertz CT molecular complexity index is 403. The average molecular weight is 283 g/mol. The van der Waals surface area contributed by atoms with E-state index in [1.807, 2.05) is 31.2 Å². The first-order chi connectivity index (χ1) is 8.88. The molecule has 1 rings (SSSR count). The van der Waals surface area contributed by atoms with E-state index < -0.39 is 6.04 Å². The van der Waals surface area contributed by atoms with Crippen molar-refractivity contribution < 1.29 is 4.79 Å². The molecule has 0 saturated heterocycles. The summed E-state index contributed by atoms with van der Waals surface area (Å²) in [5.74, 6) is 0.350. The normalized spacial score (nSPS) is 14.2. The number of hydrogen-bond acceptors (Lipinski definition) is 2. The van der Waals surface area contributed by atoms with Crippen LogP contribution in [0.1, 0.15) is 32.8 Å². The van der Waals surface area contributed by atoms with Crippen molar-refractivity contribution in [1.29, 1.82) is 0 Å². The largest absolute Gasteiger partial charge is 0.352 e. The van der Waals surface area contributed by atoms with Crippen LogP contribution < -0.4 is 11.1 Å². The van der Waals surface area contributed by atoms with Gasteiger partial charge in [-0.15, -0.1) is 0 Å². The van der Waals surface area contributed by atoms with Gasteiger partial charge in [0.25, 0.3) is 0 Å². The van der Waals surface area contributed by atoms with Gasteiger partial charge in [0.05, 0.1) is 6.04 Å². The number of halogens is 1. The third-order valence-electron chi connectivity index (χ3n) is 2.91. The fourth-order valence-electron chi connectivity index (χ4n) is 1.99. The second-order valence-electron chi connectivity index (χ2n) is 5.48. The number of nitrogens with one attached hydrogen (secondary N) is 1. The van der Waals surface area contributed by atoms with Gasteiger partial charge in [-0.3, -0.25) is 4.79 Å². The van der Waals surface area contributed by atoms with Crippen molar-refractivity contribution in [3.63, 3.8) is 0 Å². The molecule has 0 saturated carbocycles. The number of nitrogens with two attached hydrogens (primary N) is 1. The van der Waals surface area contributed by atoms with Crippen LogP contribution in [0.15, 0.2) is 24.3 Å². The summed E-state index contributed by atoms with van der Waals surface area (Å²) in [6.07, 6.45) is 1.48. The van der Waals surface area contributed by atoms with E-state index in [9.17, 15) is 4.79 Å². The number of rotatable bonds is 6. The summed E-state index contributed by atoms with van der Waals surface area (Å²) >= 11 is 5.84. The van der Waals surface area contributed by atoms with Gasteiger partial charge in [0.2, 0.25) is 5.91 Å². The number of carbonyl (C=O) groups is 1. The van der Waals surface area contributed by atoms with E-state index in [2.05, 4.69) is 19.2 Å². The minimum absolute atomic E-state index is 0.0619. The second kappa shape index (κ2) is 7.51. The molecule has 19 heavy (non-hydrogen) atoms. The van der Waals surface area contributed by atoms with Crippen LogP contribution in [0.5, 0.6) is 0 Å². The molecule has 1 amide bonds. The molecule has 3 N–H and O–H groups in total. The maximum absolute atomic E-state index is 11.9. The van der Waals surface area contributed by atoms with Crippen LogP contribution in [-0.2, 0) is 11.2 Å². The maximum Gasteiger partial charge on any atom is 0.237 e. The summed E-state index contributed by atoms with van der Waals surface area (Å²) in [4.78, 5) is 11.9. The Morgan fingerprint density at radius 2 is 1.84 bits per heavy atom. The molecule has 1 aromatic carbocycles. The van der Waals surface area contributed by atoms with Crippen LogP contribution in [0.3, 0.4) is 0 Å². The molecule has 0 radical (unpaired) electrons. The lowest BCUT2D eigenvalue weighted by molar-refractivity contribution is -0.123. The summed E-state index contributed by atoms with van der Waals surface area (Å²) in [6.45, 7) is 6.10. The van der Waals surface area contributed by atoms with Gasteiger partial charge in [0.15, 0.2) is 0 Å². The molecule has 0 spiro atoms. The standard InChI is InChI=1S/C15H23ClN2O/c1-10(2)8-14(17)15(19)18-11(3)9-12-4-6-13(16)7-5-12/h4-7,10-11,14H,8-9,17H2,1-3H3,(H,18,19)/t11?,14-/m0/s1. The highest BCUT2D eigenvalue weighted by atomic mass is 35.5. The lowest BCUT2D eigenvalue weighted by atomic mass is 10.0. The van der Waals surface area contributed by atoms with Gasteiger partial charge in [-0.25, -0.2) is 0 Å². The van der Waals surface area contributed by atoms with Crippen LogP contribution in [0.2, 0.25) is 5.02 Å². The average Bonchev–Trinajstić information content (AvgIpc) is 2.31. The Hall–Kier alpha value is -1.06. The molecular formula is C15H23ClN2O. The van der Waals surface area contributed by atoms with E-state index >= 15 is 0 Å². The molecule has 3 nitrogen and oxygen atoms in total. The van der Waals surface area contributed by atoms with Crippen molar-refractivity contribution in [3.05, 3.63) is 34.9 Å². The zero-order valence-electron chi connectivity index (χ0n) is 11.8. The molecule has 0 aliphatic rings. The number of carbonyl (C=O) groups excluding carboxylic acids is 1. The Morgan fingerprint density at radius 1 is 1.26 bits per heavy atom. The predicted octanol–water partition coefficient (Wildman–Crippen LogP) is 2.76. The van der Waals surface area contributed by atoms with Crippen molar-refractivity contribution in [1.82, 2.24) is 5.32 Å². The number of benzene rings is 1. The first-order valence-corrected chi connectivity index (χ1v) is 7.06. The monoisotopic (exact) mass is 282 g/mol. The van der Waals surface area contributed by atoms with Gasteiger partial charge >= 0.3 is 0 Å². The number of hydrogen-bond donors (Lipinski definition) is 2. The van der Waals surface area contributed by atoms with E-state index in [-0.39, 0.29) is 11.9 Å². The molecule has 0 heterocycles. The molecule has 1 aromatic rings. The minimum atomic E-state index is -0.423. The van der Waals surface area contributed by atoms with Crippen LogP contribution in [0, 0.1) is 5.92 Å². The van der Waals surface area contributed by atoms with E-state index in [1.165, 1.54) is 0 Å². The fraction of sp³-hybridized carbons (Fsp3) is 0.533. The van der Waals surface area contributed by atoms with Crippen molar-refractivity contribution in [3.8, 4) is 0 Å². The van der Waals surface area contributed by atoms with Gasteiger partial charge < -0.3 is 11.1 Å². The Labute approximate surface area is 120 Å². The molecule has 2 atom stereocenters. The maximum atomic E-state index is 11.9. The van der Waals surface area contributed by atoms with E-state index in [4.69, 9.17) is 17.3 Å². The van der Waals surface area contributed by atoms with Gasteiger partial charge in [0, 0.05) is 11.1 Å². The van der Waals surface area contributed by atoms with Gasteiger partial charge in [-0.2, -0.15) is 0 Å². The molecule has 4 heteroatoms. The Balaban J connectivity index is 2.44. The quantitative estimate of drug-likeness (QED) is 0.843. The third kappa shape index (κ3) is 6.08. The molecule has 106 valence electrons. The molecule has 0 aliphatic carbocycles. The van der Waals surface area contributed by atoms with Crippen molar-refractivity contribution in [2.24, 2.45) is 11.7 Å². The Kier molecular flexibility index (Phi) is 6.32. The zero-order chi connectivity index (χ0) is 14.4. The van der Waals surface area contributed by atoms with Crippen LogP contribution >= 0.6 is 11.6 Å². The molecule has 1 unspecified atom stereocenters. The van der Waals surface area contributed by atoms with Gasteiger partial charge in [0.1, 0.15) is 0 Å². The molecule has 0 bridgehead atoms. The summed E-state index contributed by atoms with van der Waals surface area (Å²) in [5, 5.41) is 3.67. The lowest BCUT2D eigenvalue weighted by Gasteiger charge is -2.18. The summed E-state index contributed by atoms with van der Waals surface area (Å²) in [6, 6.07) is 7.30. The van der Waals surface area contributed by atoms with E-state index in [0.717, 1.165) is 17.0 Å². The van der Waals surface area contributed by atoms with Crippen LogP contribution in [0.4, 0.5) is 0 Å². The smallest absolute Gasteiger partial charge is 0.237 e. The molecular weight excluding hydrogens is 260 g/mol. The Morgan fingerprint density at radius 3 is 2.37 bits per heavy atom. The fourth-order valence-corrected chi connectivity index (χ4v) is 2.12. The molecule has 0 aliphatic heterocycles. The second-order valence-corrected chi connectivity index (χ2v) is 5.91. The van der Waals surface area contributed by atoms with Crippen molar-refractivity contribution in [2.45, 2.75) is 45.7 Å². The summed E-state index contributed by atoms with van der Waals surface area (Å²) in [5.41, 5.74) is 7.00. The minimum Gasteiger partial charge on any atom is -0.352 e. The van der Waals surface area contributed by atoms with Crippen LogP contribution in [-0.4, -0.2) is 18.0 Å². The summed E-state index contributed by atoms with van der Waals surface area (Å²) in [7, 11) is 0. The first kappa shape index (κ1) is 16.0. The van der Waals surface area contributed by atoms with Gasteiger partial charge in [-0.1, -0.05) is 37.6 Å². The van der Waals surface area contributed by atoms with E-state index in [1.54, 1.807) is 0 Å². The topological polar surface area (TPSA) is 55.1 Å². The van der Waals surface area contributed by atoms with Crippen LogP contribution in [0.25, 0.3) is 0 Å². The van der Waals surface area contributed by atoms with Crippen molar-refractivity contribution >= 4 is 17.5 Å². The highest BCUT2D eigenvalue weighted by molar-refractivity contribution is 6.30. The van der Waals surface area contributed by atoms with Crippen molar-refractivity contribution in [2.75, 3.05) is 0 Å². The first-order valence-electron chi connectivity index (χ1n) is 6.69. The summed E-state index contributed by atoms with van der Waals surface area (Å²) < 4.78 is 0. The van der Waals surface area contributed by atoms with Gasteiger partial charge in [-0.05, 0) is 43.4 Å². The zero-order valence-corrected chi connectivity index (χ0v) is 12.6. The molecule has 0 fully saturated rings. The number of amides is 1. The third-order valence-corrected chi connectivity index (χ3v) is 3.16.